The van der Waals surface area contributed by atoms with Gasteiger partial charge in [0.05, 0.1) is 0 Å². The van der Waals surface area contributed by atoms with Crippen LogP contribution in [0.5, 0.6) is 0 Å². The standard InChI is InChI=1S/C10H12N4O5/c11-7(15)3-1-6(10(18)19)12-9(17)5-2-4-8(16)14-13-5/h2,4,6H,1,3H2,(H2,11,15)(H,12,17)(H,14,16)(H,18,19)/t6-/m0/s1. The molecule has 1 rings (SSSR count). The maximum atomic E-state index is 11.6. The van der Waals surface area contributed by atoms with Crippen molar-refractivity contribution in [2.24, 2.45) is 5.73 Å². The Kier molecular flexibility index (Phi) is 4.75. The smallest absolute Gasteiger partial charge is 0.326 e. The van der Waals surface area contributed by atoms with Gasteiger partial charge in [-0.1, -0.05) is 0 Å². The number of aromatic nitrogens is 2. The van der Waals surface area contributed by atoms with E-state index in [1.807, 2.05) is 5.10 Å². The van der Waals surface area contributed by atoms with E-state index in [-0.39, 0.29) is 18.5 Å². The molecule has 0 radical (unpaired) electrons. The molecule has 0 saturated carbocycles. The number of amides is 2. The first-order chi connectivity index (χ1) is 8.90. The van der Waals surface area contributed by atoms with Gasteiger partial charge in [0.1, 0.15) is 11.7 Å². The van der Waals surface area contributed by atoms with E-state index in [1.54, 1.807) is 0 Å². The zero-order valence-electron chi connectivity index (χ0n) is 9.75. The monoisotopic (exact) mass is 268 g/mol. The summed E-state index contributed by atoms with van der Waals surface area (Å²) in [5.74, 6) is -2.73. The summed E-state index contributed by atoms with van der Waals surface area (Å²) in [7, 11) is 0. The summed E-state index contributed by atoms with van der Waals surface area (Å²) in [4.78, 5) is 43.9. The van der Waals surface area contributed by atoms with Gasteiger partial charge in [0.25, 0.3) is 11.5 Å². The second-order valence-corrected chi connectivity index (χ2v) is 3.68. The fraction of sp³-hybridized carbons (Fsp3) is 0.300. The van der Waals surface area contributed by atoms with Crippen LogP contribution in [0.3, 0.4) is 0 Å². The van der Waals surface area contributed by atoms with Crippen LogP contribution in [0.1, 0.15) is 23.3 Å². The van der Waals surface area contributed by atoms with Crippen LogP contribution in [0.15, 0.2) is 16.9 Å². The van der Waals surface area contributed by atoms with Crippen LogP contribution in [0.2, 0.25) is 0 Å². The number of H-pyrrole nitrogens is 1. The van der Waals surface area contributed by atoms with Gasteiger partial charge in [-0.3, -0.25) is 14.4 Å². The van der Waals surface area contributed by atoms with Crippen molar-refractivity contribution >= 4 is 17.8 Å². The second-order valence-electron chi connectivity index (χ2n) is 3.68. The van der Waals surface area contributed by atoms with Gasteiger partial charge in [-0.05, 0) is 12.5 Å². The third kappa shape index (κ3) is 4.58. The van der Waals surface area contributed by atoms with Crippen molar-refractivity contribution in [1.82, 2.24) is 15.5 Å². The van der Waals surface area contributed by atoms with Crippen molar-refractivity contribution in [3.8, 4) is 0 Å². The minimum absolute atomic E-state index is 0.125. The van der Waals surface area contributed by atoms with Crippen molar-refractivity contribution < 1.29 is 19.5 Å². The van der Waals surface area contributed by atoms with E-state index in [4.69, 9.17) is 10.8 Å². The largest absolute Gasteiger partial charge is 0.480 e. The summed E-state index contributed by atoms with van der Waals surface area (Å²) in [5.41, 5.74) is 4.28. The number of hydrogen-bond acceptors (Lipinski definition) is 5. The third-order valence-corrected chi connectivity index (χ3v) is 2.19. The summed E-state index contributed by atoms with van der Waals surface area (Å²) in [6.45, 7) is 0. The first-order valence-corrected chi connectivity index (χ1v) is 5.28. The molecule has 2 amide bonds. The van der Waals surface area contributed by atoms with Crippen LogP contribution >= 0.6 is 0 Å². The summed E-state index contributed by atoms with van der Waals surface area (Å²) < 4.78 is 0. The van der Waals surface area contributed by atoms with Crippen molar-refractivity contribution in [3.63, 3.8) is 0 Å². The molecule has 1 atom stereocenters. The van der Waals surface area contributed by atoms with Crippen LogP contribution in [-0.2, 0) is 9.59 Å². The lowest BCUT2D eigenvalue weighted by atomic mass is 10.1. The van der Waals surface area contributed by atoms with Gasteiger partial charge in [0, 0.05) is 12.5 Å². The number of carbonyl (C=O) groups is 3. The molecule has 0 aliphatic heterocycles. The normalized spacial score (nSPS) is 11.6. The average molecular weight is 268 g/mol. The lowest BCUT2D eigenvalue weighted by Crippen LogP contribution is -2.41. The molecule has 0 aliphatic carbocycles. The maximum Gasteiger partial charge on any atom is 0.326 e. The van der Waals surface area contributed by atoms with Gasteiger partial charge < -0.3 is 16.2 Å². The minimum atomic E-state index is -1.29. The number of carboxylic acids is 1. The molecule has 0 aromatic carbocycles. The highest BCUT2D eigenvalue weighted by molar-refractivity contribution is 5.94. The lowest BCUT2D eigenvalue weighted by Gasteiger charge is -2.12. The van der Waals surface area contributed by atoms with Gasteiger partial charge in [0.2, 0.25) is 5.91 Å². The van der Waals surface area contributed by atoms with E-state index in [0.717, 1.165) is 12.1 Å². The number of nitrogens with one attached hydrogen (secondary N) is 2. The van der Waals surface area contributed by atoms with Gasteiger partial charge in [-0.25, -0.2) is 9.89 Å². The van der Waals surface area contributed by atoms with Gasteiger partial charge in [-0.2, -0.15) is 5.10 Å². The van der Waals surface area contributed by atoms with Crippen molar-refractivity contribution in [3.05, 3.63) is 28.2 Å². The molecule has 1 aromatic rings. The number of primary amides is 1. The first-order valence-electron chi connectivity index (χ1n) is 5.28. The topological polar surface area (TPSA) is 155 Å². The van der Waals surface area contributed by atoms with Crippen LogP contribution in [0.25, 0.3) is 0 Å². The van der Waals surface area contributed by atoms with Crippen LogP contribution in [-0.4, -0.2) is 39.1 Å². The quantitative estimate of drug-likeness (QED) is 0.478. The van der Waals surface area contributed by atoms with E-state index >= 15 is 0 Å². The lowest BCUT2D eigenvalue weighted by molar-refractivity contribution is -0.139. The Morgan fingerprint density at radius 3 is 2.58 bits per heavy atom. The van der Waals surface area contributed by atoms with E-state index < -0.39 is 29.4 Å². The summed E-state index contributed by atoms with van der Waals surface area (Å²) in [6.07, 6.45) is -0.296. The molecule has 0 aliphatic rings. The maximum absolute atomic E-state index is 11.6. The van der Waals surface area contributed by atoms with Gasteiger partial charge in [0.15, 0.2) is 0 Å². The molecule has 0 bridgehead atoms. The Morgan fingerprint density at radius 1 is 1.42 bits per heavy atom. The Hall–Kier alpha value is -2.71. The SMILES string of the molecule is NC(=O)CC[C@H](NC(=O)c1ccc(=O)[nH]n1)C(=O)O. The molecule has 0 fully saturated rings. The number of aliphatic carboxylic acids is 1. The molecule has 102 valence electrons. The number of nitrogens with two attached hydrogens (primary N) is 1. The zero-order valence-corrected chi connectivity index (χ0v) is 9.75. The Labute approximate surface area is 106 Å². The Balaban J connectivity index is 2.70. The number of nitrogens with zero attached hydrogens (tertiary/aromatic N) is 1. The van der Waals surface area contributed by atoms with E-state index in [0.29, 0.717) is 0 Å². The highest BCUT2D eigenvalue weighted by Gasteiger charge is 2.21. The average Bonchev–Trinajstić information content (AvgIpc) is 2.34. The third-order valence-electron chi connectivity index (χ3n) is 2.19. The first kappa shape index (κ1) is 14.4. The van der Waals surface area contributed by atoms with Crippen LogP contribution < -0.4 is 16.6 Å². The predicted octanol–water partition coefficient (Wildman–Crippen LogP) is -1.78. The molecular weight excluding hydrogens is 256 g/mol. The number of hydrogen-bond donors (Lipinski definition) is 4. The molecule has 9 nitrogen and oxygen atoms in total. The number of rotatable bonds is 6. The zero-order chi connectivity index (χ0) is 14.4. The molecule has 9 heteroatoms. The molecule has 1 heterocycles. The number of aromatic amines is 1. The Bertz CT molecular complexity index is 533. The molecule has 0 unspecified atom stereocenters. The van der Waals surface area contributed by atoms with E-state index in [9.17, 15) is 19.2 Å². The fourth-order valence-corrected chi connectivity index (χ4v) is 1.25. The number of carboxylic acid groups (broad SMARTS) is 1. The molecule has 0 spiro atoms. The molecular formula is C10H12N4O5. The van der Waals surface area contributed by atoms with Gasteiger partial charge in [-0.15, -0.1) is 0 Å². The van der Waals surface area contributed by atoms with Crippen molar-refractivity contribution in [2.75, 3.05) is 0 Å². The summed E-state index contributed by atoms with van der Waals surface area (Å²) in [5, 5.41) is 16.6. The highest BCUT2D eigenvalue weighted by Crippen LogP contribution is 1.99. The molecule has 1 aromatic heterocycles. The van der Waals surface area contributed by atoms with Gasteiger partial charge >= 0.3 is 5.97 Å². The summed E-state index contributed by atoms with van der Waals surface area (Å²) >= 11 is 0. The fourth-order valence-electron chi connectivity index (χ4n) is 1.25. The predicted molar refractivity (Wildman–Crippen MR) is 62.2 cm³/mol. The molecule has 0 saturated heterocycles. The second kappa shape index (κ2) is 6.28. The van der Waals surface area contributed by atoms with E-state index in [1.165, 1.54) is 0 Å². The highest BCUT2D eigenvalue weighted by atomic mass is 16.4. The van der Waals surface area contributed by atoms with E-state index in [2.05, 4.69) is 10.4 Å². The van der Waals surface area contributed by atoms with Crippen LogP contribution in [0.4, 0.5) is 0 Å². The van der Waals surface area contributed by atoms with Crippen LogP contribution in [0, 0.1) is 0 Å². The molecule has 5 N–H and O–H groups in total. The summed E-state index contributed by atoms with van der Waals surface area (Å²) in [6, 6.07) is 0.983. The molecule has 19 heavy (non-hydrogen) atoms. The minimum Gasteiger partial charge on any atom is -0.480 e. The van der Waals surface area contributed by atoms with Crippen molar-refractivity contribution in [2.45, 2.75) is 18.9 Å². The number of carbonyl (C=O) groups excluding carboxylic acids is 2. The Morgan fingerprint density at radius 2 is 2.11 bits per heavy atom. The van der Waals surface area contributed by atoms with Crippen molar-refractivity contribution in [1.29, 1.82) is 0 Å².